The molecule has 0 fully saturated rings. The zero-order valence-corrected chi connectivity index (χ0v) is 14.6. The molecule has 6 nitrogen and oxygen atoms in total. The van der Waals surface area contributed by atoms with Gasteiger partial charge in [0.25, 0.3) is 5.91 Å². The summed E-state index contributed by atoms with van der Waals surface area (Å²) in [5, 5.41) is 6.15. The Balaban J connectivity index is 1.93. The average Bonchev–Trinajstić information content (AvgIpc) is 2.87. The molecule has 0 radical (unpaired) electrons. The first-order valence-corrected chi connectivity index (χ1v) is 8.18. The lowest BCUT2D eigenvalue weighted by Gasteiger charge is -2.10. The molecule has 6 heteroatoms. The highest BCUT2D eigenvalue weighted by Crippen LogP contribution is 2.16. The van der Waals surface area contributed by atoms with E-state index in [1.165, 1.54) is 0 Å². The van der Waals surface area contributed by atoms with Crippen LogP contribution < -0.4 is 10.6 Å². The van der Waals surface area contributed by atoms with Crippen LogP contribution in [-0.2, 0) is 11.3 Å². The molecule has 2 heterocycles. The Morgan fingerprint density at radius 1 is 1.25 bits per heavy atom. The number of nitrogens with zero attached hydrogens (tertiary/aromatic N) is 2. The molecule has 0 aliphatic carbocycles. The molecule has 0 saturated heterocycles. The van der Waals surface area contributed by atoms with E-state index < -0.39 is 0 Å². The maximum atomic E-state index is 12.4. The molecule has 24 heavy (non-hydrogen) atoms. The third kappa shape index (κ3) is 4.91. The van der Waals surface area contributed by atoms with E-state index in [9.17, 15) is 4.79 Å². The minimum absolute atomic E-state index is 0.0380. The quantitative estimate of drug-likeness (QED) is 0.684. The maximum Gasteiger partial charge on any atom is 0.253 e. The molecule has 0 unspecified atom stereocenters. The number of carbonyl (C=O) groups is 1. The molecular formula is C18H26N4O2. The Bertz CT molecular complexity index is 653. The summed E-state index contributed by atoms with van der Waals surface area (Å²) >= 11 is 0. The van der Waals surface area contributed by atoms with Gasteiger partial charge >= 0.3 is 0 Å². The summed E-state index contributed by atoms with van der Waals surface area (Å²) in [6.07, 6.45) is 1.79. The number of hydrogen-bond donors (Lipinski definition) is 2. The van der Waals surface area contributed by atoms with Crippen molar-refractivity contribution in [2.45, 2.75) is 20.4 Å². The van der Waals surface area contributed by atoms with Gasteiger partial charge in [-0.3, -0.25) is 9.78 Å². The number of hydrogen-bond acceptors (Lipinski definition) is 4. The van der Waals surface area contributed by atoms with Gasteiger partial charge in [0.2, 0.25) is 0 Å². The molecule has 0 bridgehead atoms. The molecule has 0 saturated carbocycles. The molecule has 0 atom stereocenters. The van der Waals surface area contributed by atoms with Crippen LogP contribution in [0.2, 0.25) is 0 Å². The van der Waals surface area contributed by atoms with Gasteiger partial charge in [-0.05, 0) is 32.0 Å². The zero-order valence-electron chi connectivity index (χ0n) is 14.6. The van der Waals surface area contributed by atoms with E-state index in [2.05, 4.69) is 20.2 Å². The smallest absolute Gasteiger partial charge is 0.253 e. The van der Waals surface area contributed by atoms with Crippen molar-refractivity contribution in [1.29, 1.82) is 0 Å². The second-order valence-electron chi connectivity index (χ2n) is 5.69. The summed E-state index contributed by atoms with van der Waals surface area (Å²) < 4.78 is 7.08. The highest BCUT2D eigenvalue weighted by Gasteiger charge is 2.15. The molecule has 0 aromatic carbocycles. The number of amides is 1. The molecule has 2 rings (SSSR count). The number of carbonyl (C=O) groups excluding carboxylic acids is 1. The molecule has 2 aromatic heterocycles. The molecule has 0 spiro atoms. The number of pyridine rings is 1. The molecule has 0 aliphatic heterocycles. The first-order valence-electron chi connectivity index (χ1n) is 8.18. The fourth-order valence-electron chi connectivity index (χ4n) is 2.59. The lowest BCUT2D eigenvalue weighted by atomic mass is 10.2. The Hall–Kier alpha value is -2.18. The second kappa shape index (κ2) is 9.20. The maximum absolute atomic E-state index is 12.4. The van der Waals surface area contributed by atoms with Crippen LogP contribution >= 0.6 is 0 Å². The fourth-order valence-corrected chi connectivity index (χ4v) is 2.59. The third-order valence-electron chi connectivity index (χ3n) is 3.93. The second-order valence-corrected chi connectivity index (χ2v) is 5.69. The van der Waals surface area contributed by atoms with Crippen LogP contribution in [-0.4, -0.2) is 48.8 Å². The van der Waals surface area contributed by atoms with Gasteiger partial charge in [-0.2, -0.15) is 0 Å². The summed E-state index contributed by atoms with van der Waals surface area (Å²) in [6.45, 7) is 7.42. The highest BCUT2D eigenvalue weighted by molar-refractivity contribution is 5.95. The van der Waals surface area contributed by atoms with Crippen LogP contribution in [0.25, 0.3) is 0 Å². The van der Waals surface area contributed by atoms with Gasteiger partial charge in [0.05, 0.1) is 24.4 Å². The van der Waals surface area contributed by atoms with E-state index in [1.807, 2.05) is 38.1 Å². The monoisotopic (exact) mass is 330 g/mol. The lowest BCUT2D eigenvalue weighted by molar-refractivity contribution is 0.0953. The average molecular weight is 330 g/mol. The van der Waals surface area contributed by atoms with Crippen molar-refractivity contribution in [1.82, 2.24) is 20.2 Å². The fraction of sp³-hybridized carbons (Fsp3) is 0.444. The Morgan fingerprint density at radius 2 is 2.08 bits per heavy atom. The number of aromatic nitrogens is 2. The standard InChI is InChI=1S/C18H26N4O2/c1-14-12-17(18(23)21-9-8-19-10-11-24-3)15(2)22(14)13-16-6-4-5-7-20-16/h4-7,12,19H,8-11,13H2,1-3H3,(H,21,23). The predicted molar refractivity (Wildman–Crippen MR) is 94.3 cm³/mol. The van der Waals surface area contributed by atoms with E-state index in [0.29, 0.717) is 19.7 Å². The van der Waals surface area contributed by atoms with Crippen molar-refractivity contribution in [2.75, 3.05) is 33.4 Å². The largest absolute Gasteiger partial charge is 0.383 e. The molecule has 130 valence electrons. The van der Waals surface area contributed by atoms with Crippen LogP contribution in [0.5, 0.6) is 0 Å². The summed E-state index contributed by atoms with van der Waals surface area (Å²) in [4.78, 5) is 16.7. The Kier molecular flexibility index (Phi) is 6.96. The normalized spacial score (nSPS) is 10.8. The first-order chi connectivity index (χ1) is 11.6. The Morgan fingerprint density at radius 3 is 2.79 bits per heavy atom. The molecule has 2 aromatic rings. The van der Waals surface area contributed by atoms with E-state index in [0.717, 1.165) is 35.7 Å². The third-order valence-corrected chi connectivity index (χ3v) is 3.93. The Labute approximate surface area is 143 Å². The lowest BCUT2D eigenvalue weighted by Crippen LogP contribution is -2.33. The van der Waals surface area contributed by atoms with E-state index in [4.69, 9.17) is 4.74 Å². The van der Waals surface area contributed by atoms with E-state index in [1.54, 1.807) is 13.3 Å². The SMILES string of the molecule is COCCNCCNC(=O)c1cc(C)n(Cc2ccccn2)c1C. The number of aryl methyl sites for hydroxylation is 1. The van der Waals surface area contributed by atoms with Gasteiger partial charge in [-0.15, -0.1) is 0 Å². The zero-order chi connectivity index (χ0) is 17.4. The van der Waals surface area contributed by atoms with Crippen molar-refractivity contribution in [3.63, 3.8) is 0 Å². The van der Waals surface area contributed by atoms with Gasteiger partial charge in [0.1, 0.15) is 0 Å². The molecular weight excluding hydrogens is 304 g/mol. The topological polar surface area (TPSA) is 68.2 Å². The number of ether oxygens (including phenoxy) is 1. The molecule has 2 N–H and O–H groups in total. The molecule has 1 amide bonds. The van der Waals surface area contributed by atoms with Gasteiger partial charge in [-0.1, -0.05) is 6.07 Å². The van der Waals surface area contributed by atoms with Crippen LogP contribution in [0.3, 0.4) is 0 Å². The van der Waals surface area contributed by atoms with Gasteiger partial charge in [-0.25, -0.2) is 0 Å². The predicted octanol–water partition coefficient (Wildman–Crippen LogP) is 1.51. The summed E-state index contributed by atoms with van der Waals surface area (Å²) in [5.41, 5.74) is 3.72. The van der Waals surface area contributed by atoms with Crippen molar-refractivity contribution < 1.29 is 9.53 Å². The van der Waals surface area contributed by atoms with E-state index >= 15 is 0 Å². The number of nitrogens with one attached hydrogen (secondary N) is 2. The van der Waals surface area contributed by atoms with Crippen molar-refractivity contribution >= 4 is 5.91 Å². The van der Waals surface area contributed by atoms with Gasteiger partial charge in [0.15, 0.2) is 0 Å². The van der Waals surface area contributed by atoms with E-state index in [-0.39, 0.29) is 5.91 Å². The first kappa shape index (κ1) is 18.2. The van der Waals surface area contributed by atoms with Crippen molar-refractivity contribution in [2.24, 2.45) is 0 Å². The highest BCUT2D eigenvalue weighted by atomic mass is 16.5. The summed E-state index contributed by atoms with van der Waals surface area (Å²) in [6, 6.07) is 7.80. The van der Waals surface area contributed by atoms with Gasteiger partial charge in [0, 0.05) is 44.3 Å². The molecule has 0 aliphatic rings. The minimum Gasteiger partial charge on any atom is -0.383 e. The van der Waals surface area contributed by atoms with Crippen LogP contribution in [0.15, 0.2) is 30.5 Å². The van der Waals surface area contributed by atoms with Crippen LogP contribution in [0.4, 0.5) is 0 Å². The van der Waals surface area contributed by atoms with Crippen LogP contribution in [0, 0.1) is 13.8 Å². The van der Waals surface area contributed by atoms with Gasteiger partial charge < -0.3 is 19.9 Å². The number of rotatable bonds is 9. The van der Waals surface area contributed by atoms with Crippen molar-refractivity contribution in [3.8, 4) is 0 Å². The summed E-state index contributed by atoms with van der Waals surface area (Å²) in [5.74, 6) is -0.0380. The van der Waals surface area contributed by atoms with Crippen molar-refractivity contribution in [3.05, 3.63) is 53.1 Å². The van der Waals surface area contributed by atoms with Crippen LogP contribution in [0.1, 0.15) is 27.4 Å². The number of methoxy groups -OCH3 is 1. The minimum atomic E-state index is -0.0380. The summed E-state index contributed by atoms with van der Waals surface area (Å²) in [7, 11) is 1.67.